The van der Waals surface area contributed by atoms with Crippen molar-refractivity contribution in [2.45, 2.75) is 13.1 Å². The number of fused-ring (bicyclic) bond motifs is 1. The van der Waals surface area contributed by atoms with Crippen LogP contribution in [0, 0.1) is 0 Å². The number of nitrogens with one attached hydrogen (secondary N) is 3. The van der Waals surface area contributed by atoms with Crippen LogP contribution in [0.2, 0.25) is 5.02 Å². The van der Waals surface area contributed by atoms with Gasteiger partial charge in [0.15, 0.2) is 5.69 Å². The molecule has 3 aromatic carbocycles. The number of hydrogen-bond donors (Lipinski definition) is 3. The molecule has 0 saturated heterocycles. The van der Waals surface area contributed by atoms with Gasteiger partial charge in [-0.3, -0.25) is 5.10 Å². The number of alkyl halides is 3. The molecule has 1 heterocycles. The number of benzene rings is 3. The summed E-state index contributed by atoms with van der Waals surface area (Å²) >= 11 is 5.61. The van der Waals surface area contributed by atoms with Crippen LogP contribution < -0.4 is 10.6 Å². The number of hydrogen-bond acceptors (Lipinski definition) is 4. The average molecular weight is 503 g/mol. The number of aromatic amines is 1. The predicted octanol–water partition coefficient (Wildman–Crippen LogP) is 6.72. The lowest BCUT2D eigenvalue weighted by Crippen LogP contribution is -2.20. The van der Waals surface area contributed by atoms with Gasteiger partial charge in [0, 0.05) is 16.8 Å². The van der Waals surface area contributed by atoms with Crippen molar-refractivity contribution in [3.8, 4) is 11.1 Å². The standard InChI is InChI=1S/C24H18ClF3N4O3/c1-2-35-22(33)21-17-8-6-14(11-20(17)31-32-21)13-4-3-5-15(10-13)29-23(34)30-16-7-9-19(25)18(12-16)24(26,27)28/h3-12H,2H2,1H3,(H,31,32)(H2,29,30,34). The van der Waals surface area contributed by atoms with Crippen molar-refractivity contribution >= 4 is 45.9 Å². The summed E-state index contributed by atoms with van der Waals surface area (Å²) in [6, 6.07) is 14.6. The lowest BCUT2D eigenvalue weighted by Gasteiger charge is -2.13. The molecule has 35 heavy (non-hydrogen) atoms. The first kappa shape index (κ1) is 24.1. The smallest absolute Gasteiger partial charge is 0.417 e. The Bertz CT molecular complexity index is 1420. The molecule has 2 amide bonds. The molecule has 0 atom stereocenters. The normalized spacial score (nSPS) is 11.3. The molecular formula is C24H18ClF3N4O3. The summed E-state index contributed by atoms with van der Waals surface area (Å²) in [5.41, 5.74) is 1.68. The first-order chi connectivity index (χ1) is 16.7. The SMILES string of the molecule is CCOC(=O)c1n[nH]c2cc(-c3cccc(NC(=O)Nc4ccc(Cl)c(C(F)(F)F)c4)c3)ccc12. The third-order valence-electron chi connectivity index (χ3n) is 5.02. The Morgan fingerprint density at radius 2 is 1.71 bits per heavy atom. The molecule has 0 aliphatic rings. The lowest BCUT2D eigenvalue weighted by molar-refractivity contribution is -0.137. The Hall–Kier alpha value is -4.05. The van der Waals surface area contributed by atoms with Crippen LogP contribution in [0.3, 0.4) is 0 Å². The van der Waals surface area contributed by atoms with Crippen LogP contribution in [-0.4, -0.2) is 28.8 Å². The molecule has 0 spiro atoms. The maximum Gasteiger partial charge on any atom is 0.417 e. The van der Waals surface area contributed by atoms with Gasteiger partial charge in [0.25, 0.3) is 0 Å². The zero-order valence-electron chi connectivity index (χ0n) is 18.2. The van der Waals surface area contributed by atoms with Crippen LogP contribution in [0.1, 0.15) is 23.0 Å². The van der Waals surface area contributed by atoms with Gasteiger partial charge in [0.2, 0.25) is 0 Å². The second kappa shape index (κ2) is 9.67. The number of rotatable bonds is 5. The summed E-state index contributed by atoms with van der Waals surface area (Å²) in [6.07, 6.45) is -4.65. The number of esters is 1. The molecule has 7 nitrogen and oxygen atoms in total. The fourth-order valence-corrected chi connectivity index (χ4v) is 3.67. The topological polar surface area (TPSA) is 96.1 Å². The van der Waals surface area contributed by atoms with Crippen molar-refractivity contribution in [2.75, 3.05) is 17.2 Å². The lowest BCUT2D eigenvalue weighted by atomic mass is 10.0. The van der Waals surface area contributed by atoms with E-state index in [1.807, 2.05) is 6.07 Å². The maximum absolute atomic E-state index is 13.0. The maximum atomic E-state index is 13.0. The highest BCUT2D eigenvalue weighted by Gasteiger charge is 2.33. The van der Waals surface area contributed by atoms with Crippen molar-refractivity contribution < 1.29 is 27.5 Å². The van der Waals surface area contributed by atoms with Crippen molar-refractivity contribution in [1.29, 1.82) is 0 Å². The van der Waals surface area contributed by atoms with Crippen molar-refractivity contribution in [2.24, 2.45) is 0 Å². The van der Waals surface area contributed by atoms with Crippen LogP contribution in [0.5, 0.6) is 0 Å². The number of anilines is 2. The van der Waals surface area contributed by atoms with Crippen molar-refractivity contribution in [1.82, 2.24) is 10.2 Å². The van der Waals surface area contributed by atoms with Gasteiger partial charge >= 0.3 is 18.2 Å². The van der Waals surface area contributed by atoms with Gasteiger partial charge in [-0.25, -0.2) is 9.59 Å². The van der Waals surface area contributed by atoms with Gasteiger partial charge in [-0.05, 0) is 60.5 Å². The monoisotopic (exact) mass is 502 g/mol. The molecule has 0 fully saturated rings. The molecule has 4 rings (SSSR count). The molecule has 0 saturated carbocycles. The molecule has 0 aliphatic heterocycles. The molecule has 0 radical (unpaired) electrons. The van der Waals surface area contributed by atoms with Gasteiger partial charge in [-0.1, -0.05) is 29.8 Å². The minimum Gasteiger partial charge on any atom is -0.461 e. The van der Waals surface area contributed by atoms with Gasteiger partial charge in [-0.2, -0.15) is 18.3 Å². The van der Waals surface area contributed by atoms with Crippen LogP contribution in [0.15, 0.2) is 60.7 Å². The summed E-state index contributed by atoms with van der Waals surface area (Å²) in [7, 11) is 0. The first-order valence-electron chi connectivity index (χ1n) is 10.4. The highest BCUT2D eigenvalue weighted by atomic mass is 35.5. The average Bonchev–Trinajstić information content (AvgIpc) is 3.23. The number of carbonyl (C=O) groups is 2. The summed E-state index contributed by atoms with van der Waals surface area (Å²) < 4.78 is 44.2. The number of H-pyrrole nitrogens is 1. The third kappa shape index (κ3) is 5.38. The fraction of sp³-hybridized carbons (Fsp3) is 0.125. The minimum absolute atomic E-state index is 0.0579. The quantitative estimate of drug-likeness (QED) is 0.264. The van der Waals surface area contributed by atoms with E-state index >= 15 is 0 Å². The number of halogens is 4. The van der Waals surface area contributed by atoms with E-state index in [0.717, 1.165) is 23.3 Å². The number of amides is 2. The van der Waals surface area contributed by atoms with E-state index in [1.165, 1.54) is 6.07 Å². The van der Waals surface area contributed by atoms with E-state index in [0.29, 0.717) is 16.6 Å². The molecule has 1 aromatic heterocycles. The molecule has 11 heteroatoms. The Morgan fingerprint density at radius 3 is 2.43 bits per heavy atom. The summed E-state index contributed by atoms with van der Waals surface area (Å²) in [6.45, 7) is 1.95. The molecule has 4 aromatic rings. The number of aromatic nitrogens is 2. The van der Waals surface area contributed by atoms with E-state index in [2.05, 4.69) is 20.8 Å². The molecular weight excluding hydrogens is 485 g/mol. The molecule has 3 N–H and O–H groups in total. The minimum atomic E-state index is -4.65. The van der Waals surface area contributed by atoms with E-state index in [9.17, 15) is 22.8 Å². The van der Waals surface area contributed by atoms with Crippen LogP contribution >= 0.6 is 11.6 Å². The Balaban J connectivity index is 1.51. The number of carbonyl (C=O) groups excluding carboxylic acids is 2. The zero-order chi connectivity index (χ0) is 25.2. The second-order valence-electron chi connectivity index (χ2n) is 7.41. The molecule has 0 aliphatic carbocycles. The molecule has 0 unspecified atom stereocenters. The van der Waals surface area contributed by atoms with Gasteiger partial charge in [-0.15, -0.1) is 0 Å². The van der Waals surface area contributed by atoms with Crippen LogP contribution in [-0.2, 0) is 10.9 Å². The van der Waals surface area contributed by atoms with Gasteiger partial charge in [0.1, 0.15) is 0 Å². The number of ether oxygens (including phenoxy) is 1. The third-order valence-corrected chi connectivity index (χ3v) is 5.34. The van der Waals surface area contributed by atoms with Crippen LogP contribution in [0.4, 0.5) is 29.3 Å². The second-order valence-corrected chi connectivity index (χ2v) is 7.81. The van der Waals surface area contributed by atoms with Crippen molar-refractivity contribution in [3.63, 3.8) is 0 Å². The number of nitrogens with zero attached hydrogens (tertiary/aromatic N) is 1. The van der Waals surface area contributed by atoms with E-state index in [4.69, 9.17) is 16.3 Å². The van der Waals surface area contributed by atoms with Crippen LogP contribution in [0.25, 0.3) is 22.0 Å². The fourth-order valence-electron chi connectivity index (χ4n) is 3.44. The molecule has 180 valence electrons. The highest BCUT2D eigenvalue weighted by Crippen LogP contribution is 2.36. The highest BCUT2D eigenvalue weighted by molar-refractivity contribution is 6.31. The Morgan fingerprint density at radius 1 is 1.00 bits per heavy atom. The Kier molecular flexibility index (Phi) is 6.65. The number of urea groups is 1. The van der Waals surface area contributed by atoms with Crippen molar-refractivity contribution in [3.05, 3.63) is 76.9 Å². The van der Waals surface area contributed by atoms with E-state index < -0.39 is 28.8 Å². The zero-order valence-corrected chi connectivity index (χ0v) is 18.9. The molecule has 0 bridgehead atoms. The predicted molar refractivity (Wildman–Crippen MR) is 127 cm³/mol. The van der Waals surface area contributed by atoms with E-state index in [-0.39, 0.29) is 18.0 Å². The van der Waals surface area contributed by atoms with Gasteiger partial charge < -0.3 is 15.4 Å². The van der Waals surface area contributed by atoms with Gasteiger partial charge in [0.05, 0.1) is 22.7 Å². The largest absolute Gasteiger partial charge is 0.461 e. The summed E-state index contributed by atoms with van der Waals surface area (Å²) in [5.74, 6) is -0.522. The Labute approximate surface area is 202 Å². The first-order valence-corrected chi connectivity index (χ1v) is 10.7. The van der Waals surface area contributed by atoms with E-state index in [1.54, 1.807) is 43.3 Å². The summed E-state index contributed by atoms with van der Waals surface area (Å²) in [5, 5.41) is 12.0. The summed E-state index contributed by atoms with van der Waals surface area (Å²) in [4.78, 5) is 24.4.